The molecular formula is C19H24N4O3. The van der Waals surface area contributed by atoms with Gasteiger partial charge in [-0.3, -0.25) is 9.59 Å². The molecule has 0 aliphatic carbocycles. The first-order valence-electron chi connectivity index (χ1n) is 8.97. The van der Waals surface area contributed by atoms with Crippen LogP contribution in [0.5, 0.6) is 5.75 Å². The van der Waals surface area contributed by atoms with Crippen molar-refractivity contribution < 1.29 is 14.3 Å². The molecule has 1 aromatic carbocycles. The summed E-state index contributed by atoms with van der Waals surface area (Å²) in [6.45, 7) is 3.30. The van der Waals surface area contributed by atoms with E-state index in [2.05, 4.69) is 15.6 Å². The molecule has 0 bridgehead atoms. The molecule has 26 heavy (non-hydrogen) atoms. The maximum atomic E-state index is 12.7. The Balaban J connectivity index is 1.84. The number of nitrogens with zero attached hydrogens (tertiary/aromatic N) is 2. The van der Waals surface area contributed by atoms with Gasteiger partial charge in [0.1, 0.15) is 5.75 Å². The van der Waals surface area contributed by atoms with Crippen molar-refractivity contribution in [1.29, 1.82) is 0 Å². The number of anilines is 1. The van der Waals surface area contributed by atoms with Gasteiger partial charge in [0.2, 0.25) is 0 Å². The fraction of sp³-hybridized carbons (Fsp3) is 0.421. The number of nitrogens with one attached hydrogen (secondary N) is 2. The lowest BCUT2D eigenvalue weighted by Crippen LogP contribution is -2.28. The molecule has 0 saturated heterocycles. The predicted octanol–water partition coefficient (Wildman–Crippen LogP) is 2.62. The number of hydrogen-bond acceptors (Lipinski definition) is 4. The van der Waals surface area contributed by atoms with Gasteiger partial charge in [-0.25, -0.2) is 4.98 Å². The maximum Gasteiger partial charge on any atom is 0.287 e. The molecule has 2 N–H and O–H groups in total. The predicted molar refractivity (Wildman–Crippen MR) is 98.7 cm³/mol. The Morgan fingerprint density at radius 1 is 1.19 bits per heavy atom. The van der Waals surface area contributed by atoms with Gasteiger partial charge >= 0.3 is 0 Å². The van der Waals surface area contributed by atoms with Crippen LogP contribution in [0, 0.1) is 0 Å². The molecule has 2 amide bonds. The second kappa shape index (κ2) is 8.03. The summed E-state index contributed by atoms with van der Waals surface area (Å²) < 4.78 is 7.01. The lowest BCUT2D eigenvalue weighted by atomic mass is 10.1. The van der Waals surface area contributed by atoms with Crippen molar-refractivity contribution in [3.63, 3.8) is 0 Å². The van der Waals surface area contributed by atoms with Crippen LogP contribution in [0.4, 0.5) is 5.69 Å². The summed E-state index contributed by atoms with van der Waals surface area (Å²) in [4.78, 5) is 29.5. The van der Waals surface area contributed by atoms with Crippen LogP contribution in [-0.4, -0.2) is 35.0 Å². The Bertz CT molecular complexity index is 796. The van der Waals surface area contributed by atoms with Crippen molar-refractivity contribution in [3.8, 4) is 5.75 Å². The van der Waals surface area contributed by atoms with E-state index in [1.807, 2.05) is 11.5 Å². The van der Waals surface area contributed by atoms with Gasteiger partial charge in [0.05, 0.1) is 12.8 Å². The summed E-state index contributed by atoms with van der Waals surface area (Å²) in [5, 5.41) is 5.70. The number of benzene rings is 1. The van der Waals surface area contributed by atoms with Gasteiger partial charge in [0, 0.05) is 18.8 Å². The highest BCUT2D eigenvalue weighted by Crippen LogP contribution is 2.23. The summed E-state index contributed by atoms with van der Waals surface area (Å²) in [5.41, 5.74) is 1.83. The molecular weight excluding hydrogens is 332 g/mol. The molecule has 2 aromatic rings. The molecule has 1 aliphatic heterocycles. The van der Waals surface area contributed by atoms with Crippen LogP contribution in [0.2, 0.25) is 0 Å². The third kappa shape index (κ3) is 3.71. The Kier molecular flexibility index (Phi) is 5.55. The van der Waals surface area contributed by atoms with Gasteiger partial charge in [0.15, 0.2) is 11.5 Å². The summed E-state index contributed by atoms with van der Waals surface area (Å²) in [6.07, 6.45) is 3.57. The van der Waals surface area contributed by atoms with Crippen LogP contribution >= 0.6 is 0 Å². The third-order valence-electron chi connectivity index (χ3n) is 4.42. The minimum absolute atomic E-state index is 0.224. The van der Waals surface area contributed by atoms with Crippen LogP contribution in [-0.2, 0) is 13.0 Å². The van der Waals surface area contributed by atoms with E-state index in [1.165, 1.54) is 0 Å². The number of carbonyl (C=O) groups is 2. The standard InChI is InChI=1S/C19H24N4O3/c1-3-11-20-19(25)17-22-16(15-6-4-5-12-23(15)17)18(24)21-13-7-9-14(26-2)10-8-13/h7-10H,3-6,11-12H2,1-2H3,(H,20,25)(H,21,24). The monoisotopic (exact) mass is 356 g/mol. The average Bonchev–Trinajstić information content (AvgIpc) is 3.06. The van der Waals surface area contributed by atoms with E-state index >= 15 is 0 Å². The van der Waals surface area contributed by atoms with E-state index in [4.69, 9.17) is 4.74 Å². The number of hydrogen-bond donors (Lipinski definition) is 2. The highest BCUT2D eigenvalue weighted by molar-refractivity contribution is 6.05. The molecule has 138 valence electrons. The van der Waals surface area contributed by atoms with Crippen molar-refractivity contribution in [2.45, 2.75) is 39.2 Å². The Hall–Kier alpha value is -2.83. The minimum atomic E-state index is -0.296. The third-order valence-corrected chi connectivity index (χ3v) is 4.42. The Labute approximate surface area is 152 Å². The number of rotatable bonds is 6. The van der Waals surface area contributed by atoms with Crippen molar-refractivity contribution in [3.05, 3.63) is 41.5 Å². The second-order valence-corrected chi connectivity index (χ2v) is 6.28. The Morgan fingerprint density at radius 2 is 1.96 bits per heavy atom. The number of fused-ring (bicyclic) bond motifs is 1. The zero-order valence-electron chi connectivity index (χ0n) is 15.2. The zero-order valence-corrected chi connectivity index (χ0v) is 15.2. The lowest BCUT2D eigenvalue weighted by molar-refractivity contribution is 0.0937. The topological polar surface area (TPSA) is 85.2 Å². The normalized spacial score (nSPS) is 13.0. The first-order valence-corrected chi connectivity index (χ1v) is 8.97. The van der Waals surface area contributed by atoms with Gasteiger partial charge in [-0.2, -0.15) is 0 Å². The minimum Gasteiger partial charge on any atom is -0.497 e. The Morgan fingerprint density at radius 3 is 2.65 bits per heavy atom. The van der Waals surface area contributed by atoms with Crippen LogP contribution in [0.1, 0.15) is 53.0 Å². The largest absolute Gasteiger partial charge is 0.497 e. The van der Waals surface area contributed by atoms with E-state index < -0.39 is 0 Å². The second-order valence-electron chi connectivity index (χ2n) is 6.28. The van der Waals surface area contributed by atoms with Gasteiger partial charge in [-0.15, -0.1) is 0 Å². The molecule has 0 radical (unpaired) electrons. The molecule has 2 heterocycles. The number of methoxy groups -OCH3 is 1. The summed E-state index contributed by atoms with van der Waals surface area (Å²) in [6, 6.07) is 7.10. The van der Waals surface area contributed by atoms with E-state index in [9.17, 15) is 9.59 Å². The van der Waals surface area contributed by atoms with E-state index in [0.717, 1.165) is 37.1 Å². The number of carbonyl (C=O) groups excluding carboxylic acids is 2. The highest BCUT2D eigenvalue weighted by atomic mass is 16.5. The van der Waals surface area contributed by atoms with E-state index in [-0.39, 0.29) is 11.8 Å². The first-order chi connectivity index (χ1) is 12.6. The van der Waals surface area contributed by atoms with Crippen molar-refractivity contribution in [2.75, 3.05) is 19.0 Å². The maximum absolute atomic E-state index is 12.7. The van der Waals surface area contributed by atoms with Gasteiger partial charge in [-0.1, -0.05) is 6.92 Å². The fourth-order valence-electron chi connectivity index (χ4n) is 3.08. The van der Waals surface area contributed by atoms with Crippen LogP contribution in [0.25, 0.3) is 0 Å². The molecule has 3 rings (SSSR count). The SMILES string of the molecule is CCCNC(=O)c1nc(C(=O)Nc2ccc(OC)cc2)c2n1CCCC2. The quantitative estimate of drug-likeness (QED) is 0.833. The molecule has 0 fully saturated rings. The van der Waals surface area contributed by atoms with Crippen LogP contribution in [0.15, 0.2) is 24.3 Å². The van der Waals surface area contributed by atoms with Crippen molar-refractivity contribution >= 4 is 17.5 Å². The van der Waals surface area contributed by atoms with Gasteiger partial charge in [0.25, 0.3) is 11.8 Å². The molecule has 7 nitrogen and oxygen atoms in total. The van der Waals surface area contributed by atoms with Crippen molar-refractivity contribution in [2.24, 2.45) is 0 Å². The van der Waals surface area contributed by atoms with E-state index in [1.54, 1.807) is 31.4 Å². The molecule has 7 heteroatoms. The molecule has 1 aromatic heterocycles. The smallest absolute Gasteiger partial charge is 0.287 e. The summed E-state index contributed by atoms with van der Waals surface area (Å²) in [5.74, 6) is 0.527. The number of imidazole rings is 1. The van der Waals surface area contributed by atoms with Crippen LogP contribution in [0.3, 0.4) is 0 Å². The van der Waals surface area contributed by atoms with E-state index in [0.29, 0.717) is 30.3 Å². The molecule has 0 saturated carbocycles. The fourth-order valence-corrected chi connectivity index (χ4v) is 3.08. The average molecular weight is 356 g/mol. The summed E-state index contributed by atoms with van der Waals surface area (Å²) >= 11 is 0. The molecule has 0 spiro atoms. The molecule has 0 atom stereocenters. The number of amides is 2. The van der Waals surface area contributed by atoms with Crippen LogP contribution < -0.4 is 15.4 Å². The highest BCUT2D eigenvalue weighted by Gasteiger charge is 2.27. The lowest BCUT2D eigenvalue weighted by Gasteiger charge is -2.17. The van der Waals surface area contributed by atoms with Gasteiger partial charge < -0.3 is 19.9 Å². The number of aromatic nitrogens is 2. The zero-order chi connectivity index (χ0) is 18.5. The first kappa shape index (κ1) is 18.0. The number of ether oxygens (including phenoxy) is 1. The molecule has 1 aliphatic rings. The van der Waals surface area contributed by atoms with Crippen molar-refractivity contribution in [1.82, 2.24) is 14.9 Å². The van der Waals surface area contributed by atoms with Gasteiger partial charge in [-0.05, 0) is 49.9 Å². The summed E-state index contributed by atoms with van der Waals surface area (Å²) in [7, 11) is 1.59. The molecule has 0 unspecified atom stereocenters.